The Balaban J connectivity index is 1.64. The highest BCUT2D eigenvalue weighted by atomic mass is 19.1. The number of methoxy groups -OCH3 is 1. The average molecular weight is 391 g/mol. The third-order valence-corrected chi connectivity index (χ3v) is 4.85. The van der Waals surface area contributed by atoms with E-state index < -0.39 is 5.82 Å². The van der Waals surface area contributed by atoms with E-state index >= 15 is 0 Å². The summed E-state index contributed by atoms with van der Waals surface area (Å²) in [6.07, 6.45) is 3.31. The molecule has 0 bridgehead atoms. The fourth-order valence-corrected chi connectivity index (χ4v) is 3.43. The molecule has 1 unspecified atom stereocenters. The molecule has 6 nitrogen and oxygen atoms in total. The smallest absolute Gasteiger partial charge is 0.257 e. The first-order chi connectivity index (χ1) is 14.0. The molecule has 0 fully saturated rings. The summed E-state index contributed by atoms with van der Waals surface area (Å²) in [6.45, 7) is 0. The van der Waals surface area contributed by atoms with E-state index in [0.717, 1.165) is 11.1 Å². The van der Waals surface area contributed by atoms with Gasteiger partial charge in [-0.3, -0.25) is 14.6 Å². The van der Waals surface area contributed by atoms with E-state index in [9.17, 15) is 14.0 Å². The Morgan fingerprint density at radius 1 is 1.24 bits per heavy atom. The largest absolute Gasteiger partial charge is 0.494 e. The monoisotopic (exact) mass is 391 g/mol. The van der Waals surface area contributed by atoms with Gasteiger partial charge in [0, 0.05) is 36.1 Å². The van der Waals surface area contributed by atoms with Gasteiger partial charge < -0.3 is 15.4 Å². The molecule has 1 aromatic heterocycles. The van der Waals surface area contributed by atoms with E-state index in [1.54, 1.807) is 42.6 Å². The Bertz CT molecular complexity index is 1090. The molecule has 3 aromatic rings. The third kappa shape index (κ3) is 3.80. The van der Waals surface area contributed by atoms with Gasteiger partial charge >= 0.3 is 0 Å². The number of hydrogen-bond donors (Lipinski definition) is 2. The Hall–Kier alpha value is -3.74. The summed E-state index contributed by atoms with van der Waals surface area (Å²) in [4.78, 5) is 28.6. The van der Waals surface area contributed by atoms with Crippen molar-refractivity contribution >= 4 is 23.2 Å². The van der Waals surface area contributed by atoms with Crippen molar-refractivity contribution in [2.45, 2.75) is 12.3 Å². The molecule has 2 N–H and O–H groups in total. The van der Waals surface area contributed by atoms with Crippen molar-refractivity contribution in [3.8, 4) is 5.75 Å². The van der Waals surface area contributed by atoms with Gasteiger partial charge in [0.1, 0.15) is 0 Å². The SMILES string of the molecule is COc1cc(C2CC(=O)Nc3cc(NC(=O)c4cccnc4)ccc32)ccc1F. The minimum absolute atomic E-state index is 0.135. The van der Waals surface area contributed by atoms with Crippen molar-refractivity contribution in [2.24, 2.45) is 0 Å². The Morgan fingerprint density at radius 3 is 2.86 bits per heavy atom. The molecule has 1 aliphatic heterocycles. The number of fused-ring (bicyclic) bond motifs is 1. The topological polar surface area (TPSA) is 80.3 Å². The molecule has 2 amide bonds. The summed E-state index contributed by atoms with van der Waals surface area (Å²) in [5.41, 5.74) is 3.27. The molecule has 1 atom stereocenters. The van der Waals surface area contributed by atoms with Crippen molar-refractivity contribution in [3.63, 3.8) is 0 Å². The standard InChI is InChI=1S/C22H18FN3O3/c1-29-20-9-13(4-7-18(20)23)17-11-21(27)26-19-10-15(5-6-16(17)19)25-22(28)14-3-2-8-24-12-14/h2-10,12,17H,11H2,1H3,(H,25,28)(H,26,27). The van der Waals surface area contributed by atoms with Crippen LogP contribution in [0.3, 0.4) is 0 Å². The zero-order valence-electron chi connectivity index (χ0n) is 15.6. The van der Waals surface area contributed by atoms with Crippen LogP contribution in [0.2, 0.25) is 0 Å². The third-order valence-electron chi connectivity index (χ3n) is 4.85. The molecule has 2 aromatic carbocycles. The molecule has 0 spiro atoms. The molecule has 29 heavy (non-hydrogen) atoms. The number of anilines is 2. The summed E-state index contributed by atoms with van der Waals surface area (Å²) in [5, 5.41) is 5.65. The summed E-state index contributed by atoms with van der Waals surface area (Å²) in [6, 6.07) is 13.3. The number of ether oxygens (including phenoxy) is 1. The zero-order valence-corrected chi connectivity index (χ0v) is 15.6. The number of halogens is 1. The van der Waals surface area contributed by atoms with Gasteiger partial charge in [0.05, 0.1) is 12.7 Å². The lowest BCUT2D eigenvalue weighted by Gasteiger charge is -2.27. The van der Waals surface area contributed by atoms with E-state index in [1.807, 2.05) is 6.07 Å². The second kappa shape index (κ2) is 7.71. The maximum absolute atomic E-state index is 13.8. The quantitative estimate of drug-likeness (QED) is 0.706. The lowest BCUT2D eigenvalue weighted by Crippen LogP contribution is -2.24. The fourth-order valence-electron chi connectivity index (χ4n) is 3.43. The number of pyridine rings is 1. The first-order valence-corrected chi connectivity index (χ1v) is 9.04. The van der Waals surface area contributed by atoms with Crippen LogP contribution in [0.15, 0.2) is 60.9 Å². The molecule has 2 heterocycles. The number of hydrogen-bond acceptors (Lipinski definition) is 4. The van der Waals surface area contributed by atoms with Crippen LogP contribution < -0.4 is 15.4 Å². The van der Waals surface area contributed by atoms with Crippen LogP contribution in [-0.4, -0.2) is 23.9 Å². The molecule has 0 saturated carbocycles. The highest BCUT2D eigenvalue weighted by molar-refractivity contribution is 6.05. The number of benzene rings is 2. The first kappa shape index (κ1) is 18.6. The minimum Gasteiger partial charge on any atom is -0.494 e. The number of aromatic nitrogens is 1. The highest BCUT2D eigenvalue weighted by Crippen LogP contribution is 2.39. The molecule has 4 rings (SSSR count). The van der Waals surface area contributed by atoms with Gasteiger partial charge in [0.15, 0.2) is 11.6 Å². The zero-order chi connectivity index (χ0) is 20.4. The maximum Gasteiger partial charge on any atom is 0.257 e. The molecule has 0 aliphatic carbocycles. The van der Waals surface area contributed by atoms with Crippen molar-refractivity contribution in [2.75, 3.05) is 17.7 Å². The molecule has 0 saturated heterocycles. The van der Waals surface area contributed by atoms with Gasteiger partial charge in [-0.05, 0) is 47.5 Å². The van der Waals surface area contributed by atoms with Crippen LogP contribution in [0.1, 0.15) is 33.8 Å². The summed E-state index contributed by atoms with van der Waals surface area (Å²) < 4.78 is 18.8. The number of nitrogens with one attached hydrogen (secondary N) is 2. The van der Waals surface area contributed by atoms with Gasteiger partial charge in [-0.1, -0.05) is 12.1 Å². The van der Waals surface area contributed by atoms with Crippen LogP contribution >= 0.6 is 0 Å². The lowest BCUT2D eigenvalue weighted by molar-refractivity contribution is -0.116. The number of rotatable bonds is 4. The van der Waals surface area contributed by atoms with Crippen LogP contribution in [0, 0.1) is 5.82 Å². The Kier molecular flexibility index (Phi) is 4.95. The van der Waals surface area contributed by atoms with E-state index in [0.29, 0.717) is 16.9 Å². The highest BCUT2D eigenvalue weighted by Gasteiger charge is 2.27. The Morgan fingerprint density at radius 2 is 2.10 bits per heavy atom. The normalized spacial score (nSPS) is 15.2. The van der Waals surface area contributed by atoms with Crippen LogP contribution in [-0.2, 0) is 4.79 Å². The van der Waals surface area contributed by atoms with E-state index in [-0.39, 0.29) is 29.9 Å². The number of carbonyl (C=O) groups is 2. The summed E-state index contributed by atoms with van der Waals surface area (Å²) >= 11 is 0. The predicted octanol–water partition coefficient (Wildman–Crippen LogP) is 3.96. The minimum atomic E-state index is -0.454. The molecular weight excluding hydrogens is 373 g/mol. The summed E-state index contributed by atoms with van der Waals surface area (Å²) in [7, 11) is 1.40. The van der Waals surface area contributed by atoms with Crippen LogP contribution in [0.5, 0.6) is 5.75 Å². The van der Waals surface area contributed by atoms with Crippen molar-refractivity contribution in [1.82, 2.24) is 4.98 Å². The van der Waals surface area contributed by atoms with Gasteiger partial charge in [-0.25, -0.2) is 4.39 Å². The van der Waals surface area contributed by atoms with E-state index in [2.05, 4.69) is 15.6 Å². The first-order valence-electron chi connectivity index (χ1n) is 9.04. The Labute approximate surface area is 166 Å². The molecule has 7 heteroatoms. The fraction of sp³-hybridized carbons (Fsp3) is 0.136. The summed E-state index contributed by atoms with van der Waals surface area (Å²) in [5.74, 6) is -1.00. The van der Waals surface area contributed by atoms with Crippen molar-refractivity contribution < 1.29 is 18.7 Å². The second-order valence-corrected chi connectivity index (χ2v) is 6.70. The number of nitrogens with zero attached hydrogens (tertiary/aromatic N) is 1. The van der Waals surface area contributed by atoms with Gasteiger partial charge in [0.2, 0.25) is 5.91 Å². The lowest BCUT2D eigenvalue weighted by atomic mass is 9.84. The average Bonchev–Trinajstić information content (AvgIpc) is 2.74. The van der Waals surface area contributed by atoms with Crippen LogP contribution in [0.4, 0.5) is 15.8 Å². The molecule has 146 valence electrons. The van der Waals surface area contributed by atoms with Crippen molar-refractivity contribution in [1.29, 1.82) is 0 Å². The van der Waals surface area contributed by atoms with Gasteiger partial charge in [-0.15, -0.1) is 0 Å². The molecular formula is C22H18FN3O3. The van der Waals surface area contributed by atoms with E-state index in [4.69, 9.17) is 4.74 Å². The van der Waals surface area contributed by atoms with E-state index in [1.165, 1.54) is 19.4 Å². The number of amides is 2. The van der Waals surface area contributed by atoms with Gasteiger partial charge in [0.25, 0.3) is 5.91 Å². The second-order valence-electron chi connectivity index (χ2n) is 6.70. The van der Waals surface area contributed by atoms with Crippen molar-refractivity contribution in [3.05, 3.63) is 83.4 Å². The molecule has 1 aliphatic rings. The van der Waals surface area contributed by atoms with Gasteiger partial charge in [-0.2, -0.15) is 0 Å². The molecule has 0 radical (unpaired) electrons. The number of carbonyl (C=O) groups excluding carboxylic acids is 2. The predicted molar refractivity (Wildman–Crippen MR) is 107 cm³/mol. The van der Waals surface area contributed by atoms with Crippen LogP contribution in [0.25, 0.3) is 0 Å². The maximum atomic E-state index is 13.8.